The average molecular weight is 261 g/mol. The molecule has 0 spiro atoms. The normalized spacial score (nSPS) is 15.2. The lowest BCUT2D eigenvalue weighted by atomic mass is 9.92. The van der Waals surface area contributed by atoms with Crippen molar-refractivity contribution >= 4 is 23.2 Å². The van der Waals surface area contributed by atoms with Crippen LogP contribution in [0.5, 0.6) is 0 Å². The number of hydrogen-bond donors (Lipinski definition) is 1. The second-order valence-corrected chi connectivity index (χ2v) is 5.34. The molecule has 0 aliphatic carbocycles. The molecule has 4 heteroatoms. The van der Waals surface area contributed by atoms with Gasteiger partial charge in [-0.25, -0.2) is 0 Å². The molecule has 0 fully saturated rings. The van der Waals surface area contributed by atoms with Crippen LogP contribution in [0.2, 0.25) is 10.0 Å². The van der Waals surface area contributed by atoms with Gasteiger partial charge in [0.1, 0.15) is 0 Å². The van der Waals surface area contributed by atoms with Crippen LogP contribution in [-0.2, 0) is 6.42 Å². The predicted octanol–water partition coefficient (Wildman–Crippen LogP) is 2.81. The number of rotatable bonds is 4. The van der Waals surface area contributed by atoms with Gasteiger partial charge in [-0.1, -0.05) is 29.3 Å². The molecular weight excluding hydrogens is 243 g/mol. The second kappa shape index (κ2) is 5.37. The highest BCUT2D eigenvalue weighted by Gasteiger charge is 2.25. The Bertz CT molecular complexity index is 366. The van der Waals surface area contributed by atoms with Crippen LogP contribution in [0.15, 0.2) is 18.2 Å². The fourth-order valence-corrected chi connectivity index (χ4v) is 1.82. The summed E-state index contributed by atoms with van der Waals surface area (Å²) in [6, 6.07) is 5.72. The fourth-order valence-electron chi connectivity index (χ4n) is 1.50. The number of hydrogen-bond acceptors (Lipinski definition) is 2. The number of likely N-dealkylation sites (N-methyl/N-ethyl adjacent to an activating group) is 1. The molecule has 16 heavy (non-hydrogen) atoms. The van der Waals surface area contributed by atoms with Gasteiger partial charge in [-0.05, 0) is 45.1 Å². The molecule has 0 bridgehead atoms. The number of nitrogens with zero attached hydrogens (tertiary/aromatic N) is 1. The molecule has 1 aromatic rings. The number of benzene rings is 1. The molecule has 1 aromatic carbocycles. The topological polar surface area (TPSA) is 29.3 Å². The molecule has 0 saturated heterocycles. The molecule has 0 aliphatic heterocycles. The lowest BCUT2D eigenvalue weighted by Gasteiger charge is -2.35. The van der Waals surface area contributed by atoms with E-state index in [1.807, 2.05) is 32.3 Å². The molecular formula is C12H18Cl2N2. The Morgan fingerprint density at radius 1 is 1.25 bits per heavy atom. The SMILES string of the molecule is CN(C)C(C)(CN)Cc1ccc(Cl)c(Cl)c1. The van der Waals surface area contributed by atoms with Gasteiger partial charge in [0.25, 0.3) is 0 Å². The third-order valence-electron chi connectivity index (χ3n) is 3.09. The predicted molar refractivity (Wildman–Crippen MR) is 71.3 cm³/mol. The molecule has 0 saturated carbocycles. The van der Waals surface area contributed by atoms with Crippen molar-refractivity contribution in [1.82, 2.24) is 4.90 Å². The summed E-state index contributed by atoms with van der Waals surface area (Å²) < 4.78 is 0. The smallest absolute Gasteiger partial charge is 0.0595 e. The van der Waals surface area contributed by atoms with Gasteiger partial charge in [0, 0.05) is 12.1 Å². The Hall–Kier alpha value is -0.280. The van der Waals surface area contributed by atoms with Crippen LogP contribution in [0, 0.1) is 0 Å². The first-order valence-corrected chi connectivity index (χ1v) is 5.96. The zero-order valence-electron chi connectivity index (χ0n) is 9.93. The van der Waals surface area contributed by atoms with Crippen LogP contribution in [-0.4, -0.2) is 31.1 Å². The molecule has 2 N–H and O–H groups in total. The van der Waals surface area contributed by atoms with Gasteiger partial charge in [0.2, 0.25) is 0 Å². The Kier molecular flexibility index (Phi) is 4.62. The monoisotopic (exact) mass is 260 g/mol. The van der Waals surface area contributed by atoms with Crippen LogP contribution in [0.1, 0.15) is 12.5 Å². The first kappa shape index (κ1) is 13.8. The first-order valence-electron chi connectivity index (χ1n) is 5.20. The van der Waals surface area contributed by atoms with Crippen LogP contribution in [0.4, 0.5) is 0 Å². The van der Waals surface area contributed by atoms with Crippen molar-refractivity contribution in [2.45, 2.75) is 18.9 Å². The van der Waals surface area contributed by atoms with E-state index in [9.17, 15) is 0 Å². The summed E-state index contributed by atoms with van der Waals surface area (Å²) in [5, 5.41) is 1.18. The van der Waals surface area contributed by atoms with Gasteiger partial charge in [-0.2, -0.15) is 0 Å². The first-order chi connectivity index (χ1) is 7.39. The maximum Gasteiger partial charge on any atom is 0.0595 e. The van der Waals surface area contributed by atoms with Crippen LogP contribution in [0.3, 0.4) is 0 Å². The molecule has 0 aliphatic rings. The van der Waals surface area contributed by atoms with E-state index in [0.717, 1.165) is 12.0 Å². The van der Waals surface area contributed by atoms with E-state index >= 15 is 0 Å². The Morgan fingerprint density at radius 2 is 1.88 bits per heavy atom. The molecule has 1 unspecified atom stereocenters. The van der Waals surface area contributed by atoms with Gasteiger partial charge in [0.15, 0.2) is 0 Å². The fraction of sp³-hybridized carbons (Fsp3) is 0.500. The summed E-state index contributed by atoms with van der Waals surface area (Å²) in [4.78, 5) is 2.13. The molecule has 0 amide bonds. The molecule has 2 nitrogen and oxygen atoms in total. The highest BCUT2D eigenvalue weighted by Crippen LogP contribution is 2.25. The Morgan fingerprint density at radius 3 is 2.31 bits per heavy atom. The summed E-state index contributed by atoms with van der Waals surface area (Å²) in [5.74, 6) is 0. The standard InChI is InChI=1S/C12H18Cl2N2/c1-12(8-15,16(2)3)7-9-4-5-10(13)11(14)6-9/h4-6H,7-8,15H2,1-3H3. The summed E-state index contributed by atoms with van der Waals surface area (Å²) in [6.07, 6.45) is 0.855. The van der Waals surface area contributed by atoms with E-state index in [1.165, 1.54) is 0 Å². The molecule has 0 heterocycles. The highest BCUT2D eigenvalue weighted by molar-refractivity contribution is 6.42. The summed E-state index contributed by atoms with van der Waals surface area (Å²) >= 11 is 11.9. The van der Waals surface area contributed by atoms with Crippen molar-refractivity contribution in [1.29, 1.82) is 0 Å². The number of nitrogens with two attached hydrogens (primary N) is 1. The van der Waals surface area contributed by atoms with E-state index in [0.29, 0.717) is 16.6 Å². The van der Waals surface area contributed by atoms with E-state index in [-0.39, 0.29) is 5.54 Å². The number of halogens is 2. The average Bonchev–Trinajstić information content (AvgIpc) is 2.23. The Labute approximate surface area is 107 Å². The van der Waals surface area contributed by atoms with Gasteiger partial charge in [-0.15, -0.1) is 0 Å². The van der Waals surface area contributed by atoms with Crippen molar-refractivity contribution in [2.24, 2.45) is 5.73 Å². The largest absolute Gasteiger partial charge is 0.329 e. The summed E-state index contributed by atoms with van der Waals surface area (Å²) in [5.41, 5.74) is 6.91. The zero-order chi connectivity index (χ0) is 12.3. The maximum absolute atomic E-state index is 5.99. The van der Waals surface area contributed by atoms with E-state index < -0.39 is 0 Å². The van der Waals surface area contributed by atoms with E-state index in [2.05, 4.69) is 11.8 Å². The summed E-state index contributed by atoms with van der Waals surface area (Å²) in [6.45, 7) is 2.73. The van der Waals surface area contributed by atoms with Crippen LogP contribution in [0.25, 0.3) is 0 Å². The summed E-state index contributed by atoms with van der Waals surface area (Å²) in [7, 11) is 4.06. The molecule has 1 atom stereocenters. The van der Waals surface area contributed by atoms with Gasteiger partial charge in [0.05, 0.1) is 10.0 Å². The molecule has 1 rings (SSSR count). The minimum atomic E-state index is -0.0584. The third kappa shape index (κ3) is 3.11. The van der Waals surface area contributed by atoms with Gasteiger partial charge in [-0.3, -0.25) is 0 Å². The maximum atomic E-state index is 5.99. The van der Waals surface area contributed by atoms with Crippen molar-refractivity contribution in [3.8, 4) is 0 Å². The van der Waals surface area contributed by atoms with Crippen molar-refractivity contribution in [3.05, 3.63) is 33.8 Å². The van der Waals surface area contributed by atoms with E-state index in [4.69, 9.17) is 28.9 Å². The second-order valence-electron chi connectivity index (χ2n) is 4.52. The van der Waals surface area contributed by atoms with E-state index in [1.54, 1.807) is 0 Å². The van der Waals surface area contributed by atoms with Gasteiger partial charge >= 0.3 is 0 Å². The highest BCUT2D eigenvalue weighted by atomic mass is 35.5. The molecule has 0 aromatic heterocycles. The van der Waals surface area contributed by atoms with Gasteiger partial charge < -0.3 is 10.6 Å². The lowest BCUT2D eigenvalue weighted by Crippen LogP contribution is -2.49. The lowest BCUT2D eigenvalue weighted by molar-refractivity contribution is 0.181. The van der Waals surface area contributed by atoms with Crippen molar-refractivity contribution in [3.63, 3.8) is 0 Å². The zero-order valence-corrected chi connectivity index (χ0v) is 11.4. The van der Waals surface area contributed by atoms with Crippen LogP contribution >= 0.6 is 23.2 Å². The minimum Gasteiger partial charge on any atom is -0.329 e. The minimum absolute atomic E-state index is 0.0584. The molecule has 90 valence electrons. The van der Waals surface area contributed by atoms with Crippen LogP contribution < -0.4 is 5.73 Å². The van der Waals surface area contributed by atoms with Crippen molar-refractivity contribution < 1.29 is 0 Å². The van der Waals surface area contributed by atoms with Crippen molar-refractivity contribution in [2.75, 3.05) is 20.6 Å². The third-order valence-corrected chi connectivity index (χ3v) is 3.83. The quantitative estimate of drug-likeness (QED) is 0.903. The Balaban J connectivity index is 2.90. The molecule has 0 radical (unpaired) electrons.